The second kappa shape index (κ2) is 12.9. The van der Waals surface area contributed by atoms with Crippen LogP contribution in [0.2, 0.25) is 0 Å². The molecule has 1 aliphatic heterocycles. The number of aliphatic hydroxyl groups is 1. The SMILES string of the molecule is C#CCC12CC1C(=O)NCCCCOc1cc(F)cc(c1)C[C@@H]([C@H](O)CNCc1cccc(C(F)(F)F)c1)NC2=O. The first-order valence-electron chi connectivity index (χ1n) is 13.5. The lowest BCUT2D eigenvalue weighted by atomic mass is 9.95. The summed E-state index contributed by atoms with van der Waals surface area (Å²) in [6.45, 7) is 0.639. The number of alkyl halides is 3. The molecule has 0 saturated heterocycles. The van der Waals surface area contributed by atoms with Crippen molar-refractivity contribution in [3.63, 3.8) is 0 Å². The Labute approximate surface area is 236 Å². The van der Waals surface area contributed by atoms with E-state index in [0.717, 1.165) is 12.1 Å². The molecule has 41 heavy (non-hydrogen) atoms. The first-order chi connectivity index (χ1) is 19.5. The maximum absolute atomic E-state index is 14.4. The number of carbonyl (C=O) groups is 2. The minimum Gasteiger partial charge on any atom is -0.493 e. The highest BCUT2D eigenvalue weighted by molar-refractivity contribution is 5.96. The van der Waals surface area contributed by atoms with Crippen LogP contribution in [0, 0.1) is 29.5 Å². The van der Waals surface area contributed by atoms with Crippen LogP contribution in [0.1, 0.15) is 42.4 Å². The molecule has 2 unspecified atom stereocenters. The third-order valence-electron chi connectivity index (χ3n) is 7.51. The molecule has 4 atom stereocenters. The molecule has 2 aromatic carbocycles. The van der Waals surface area contributed by atoms with Crippen molar-refractivity contribution in [1.29, 1.82) is 0 Å². The smallest absolute Gasteiger partial charge is 0.416 e. The van der Waals surface area contributed by atoms with Gasteiger partial charge in [-0.05, 0) is 55.0 Å². The molecule has 2 amide bonds. The topological polar surface area (TPSA) is 99.7 Å². The van der Waals surface area contributed by atoms with Gasteiger partial charge in [-0.3, -0.25) is 9.59 Å². The summed E-state index contributed by atoms with van der Waals surface area (Å²) in [5.74, 6) is 0.872. The van der Waals surface area contributed by atoms with Crippen LogP contribution in [-0.4, -0.2) is 48.8 Å². The van der Waals surface area contributed by atoms with Crippen LogP contribution in [0.25, 0.3) is 0 Å². The molecule has 4 rings (SSSR count). The minimum atomic E-state index is -4.48. The number of nitrogens with one attached hydrogen (secondary N) is 3. The largest absolute Gasteiger partial charge is 0.493 e. The van der Waals surface area contributed by atoms with E-state index in [1.807, 2.05) is 0 Å². The van der Waals surface area contributed by atoms with Gasteiger partial charge in [0.15, 0.2) is 0 Å². The maximum Gasteiger partial charge on any atom is 0.416 e. The van der Waals surface area contributed by atoms with Crippen LogP contribution in [0.15, 0.2) is 42.5 Å². The maximum atomic E-state index is 14.4. The van der Waals surface area contributed by atoms with Gasteiger partial charge in [0.05, 0.1) is 35.6 Å². The van der Waals surface area contributed by atoms with Crippen LogP contribution in [-0.2, 0) is 28.7 Å². The van der Waals surface area contributed by atoms with Crippen LogP contribution in [0.5, 0.6) is 5.75 Å². The number of ether oxygens (including phenoxy) is 1. The van der Waals surface area contributed by atoms with Gasteiger partial charge in [-0.2, -0.15) is 13.2 Å². The van der Waals surface area contributed by atoms with Crippen molar-refractivity contribution in [3.8, 4) is 18.1 Å². The van der Waals surface area contributed by atoms with E-state index in [2.05, 4.69) is 21.9 Å². The first kappa shape index (κ1) is 30.3. The molecule has 4 N–H and O–H groups in total. The van der Waals surface area contributed by atoms with Crippen molar-refractivity contribution in [3.05, 3.63) is 65.0 Å². The van der Waals surface area contributed by atoms with Crippen molar-refractivity contribution in [2.75, 3.05) is 19.7 Å². The number of aliphatic hydroxyl groups excluding tert-OH is 1. The summed E-state index contributed by atoms with van der Waals surface area (Å²) >= 11 is 0. The van der Waals surface area contributed by atoms with Crippen molar-refractivity contribution in [2.24, 2.45) is 11.3 Å². The standard InChI is InChI=1S/C30H33F4N3O4/c1-2-8-29-16-24(29)27(39)36-9-3-4-10-41-23-13-20(12-22(31)15-23)14-25(37-28(29)40)26(38)18-35-17-19-6-5-7-21(11-19)30(32,33)34/h1,5-7,11-13,15,24-26,35,38H,3-4,8-10,14,16-18H2,(H,36,39)(H,37,40)/t24?,25-,26+,29?/m0/s1. The molecule has 1 fully saturated rings. The average molecular weight is 576 g/mol. The third-order valence-corrected chi connectivity index (χ3v) is 7.51. The monoisotopic (exact) mass is 575 g/mol. The van der Waals surface area contributed by atoms with E-state index in [1.165, 1.54) is 24.3 Å². The van der Waals surface area contributed by atoms with E-state index < -0.39 is 46.9 Å². The summed E-state index contributed by atoms with van der Waals surface area (Å²) in [6.07, 6.45) is 1.41. The molecule has 1 saturated carbocycles. The van der Waals surface area contributed by atoms with Crippen LogP contribution in [0.4, 0.5) is 17.6 Å². The summed E-state index contributed by atoms with van der Waals surface area (Å²) in [5.41, 5.74) is -1.07. The fourth-order valence-corrected chi connectivity index (χ4v) is 5.15. The Hall–Kier alpha value is -3.62. The van der Waals surface area contributed by atoms with Gasteiger partial charge in [-0.1, -0.05) is 18.2 Å². The van der Waals surface area contributed by atoms with Crippen molar-refractivity contribution >= 4 is 11.8 Å². The van der Waals surface area contributed by atoms with Crippen LogP contribution in [0.3, 0.4) is 0 Å². The Bertz CT molecular complexity index is 1300. The number of benzene rings is 2. The lowest BCUT2D eigenvalue weighted by Crippen LogP contribution is -2.51. The van der Waals surface area contributed by atoms with Gasteiger partial charge >= 0.3 is 6.18 Å². The highest BCUT2D eigenvalue weighted by atomic mass is 19.4. The fraction of sp³-hybridized carbons (Fsp3) is 0.467. The molecular weight excluding hydrogens is 542 g/mol. The zero-order chi connectivity index (χ0) is 29.6. The lowest BCUT2D eigenvalue weighted by molar-refractivity contribution is -0.137. The van der Waals surface area contributed by atoms with Crippen molar-refractivity contribution in [2.45, 2.75) is 57.0 Å². The predicted molar refractivity (Wildman–Crippen MR) is 143 cm³/mol. The number of carbonyl (C=O) groups excluding carboxylic acids is 2. The van der Waals surface area contributed by atoms with Gasteiger partial charge in [0.1, 0.15) is 11.6 Å². The number of terminal acetylenes is 1. The fourth-order valence-electron chi connectivity index (χ4n) is 5.15. The van der Waals surface area contributed by atoms with Gasteiger partial charge in [0.25, 0.3) is 0 Å². The summed E-state index contributed by atoms with van der Waals surface area (Å²) in [7, 11) is 0. The number of halogens is 4. The number of fused-ring (bicyclic) bond motifs is 3. The molecule has 1 aliphatic carbocycles. The summed E-state index contributed by atoms with van der Waals surface area (Å²) < 4.78 is 59.3. The number of hydrogen-bond donors (Lipinski definition) is 4. The van der Waals surface area contributed by atoms with E-state index in [1.54, 1.807) is 6.07 Å². The molecule has 11 heteroatoms. The molecule has 0 aromatic heterocycles. The molecule has 0 radical (unpaired) electrons. The Morgan fingerprint density at radius 3 is 2.76 bits per heavy atom. The molecule has 1 heterocycles. The van der Waals surface area contributed by atoms with Gasteiger partial charge in [-0.15, -0.1) is 12.3 Å². The quantitative estimate of drug-likeness (QED) is 0.313. The van der Waals surface area contributed by atoms with Gasteiger partial charge in [0, 0.05) is 32.1 Å². The molecule has 2 bridgehead atoms. The molecular formula is C30H33F4N3O4. The summed E-state index contributed by atoms with van der Waals surface area (Å²) in [4.78, 5) is 26.3. The summed E-state index contributed by atoms with van der Waals surface area (Å²) in [5, 5.41) is 19.7. The lowest BCUT2D eigenvalue weighted by Gasteiger charge is -2.27. The first-order valence-corrected chi connectivity index (χ1v) is 13.5. The Kier molecular flexibility index (Phi) is 9.56. The molecule has 7 nitrogen and oxygen atoms in total. The van der Waals surface area contributed by atoms with Gasteiger partial charge < -0.3 is 25.8 Å². The number of hydrogen-bond acceptors (Lipinski definition) is 5. The van der Waals surface area contributed by atoms with Crippen LogP contribution < -0.4 is 20.7 Å². The second-order valence-electron chi connectivity index (χ2n) is 10.6. The van der Waals surface area contributed by atoms with E-state index >= 15 is 0 Å². The van der Waals surface area contributed by atoms with E-state index in [4.69, 9.17) is 11.2 Å². The average Bonchev–Trinajstić information content (AvgIpc) is 3.65. The highest BCUT2D eigenvalue weighted by Crippen LogP contribution is 2.55. The minimum absolute atomic E-state index is 0.0231. The normalized spacial score (nSPS) is 24.2. The molecule has 2 aliphatic rings. The van der Waals surface area contributed by atoms with E-state index in [9.17, 15) is 32.3 Å². The molecule has 220 valence electrons. The Balaban J connectivity index is 1.53. The van der Waals surface area contributed by atoms with Gasteiger partial charge in [-0.25, -0.2) is 4.39 Å². The van der Waals surface area contributed by atoms with Crippen molar-refractivity contribution < 1.29 is 37.0 Å². The van der Waals surface area contributed by atoms with E-state index in [-0.39, 0.29) is 38.3 Å². The summed E-state index contributed by atoms with van der Waals surface area (Å²) in [6, 6.07) is 8.04. The molecule has 2 aromatic rings. The Morgan fingerprint density at radius 2 is 2.00 bits per heavy atom. The second-order valence-corrected chi connectivity index (χ2v) is 10.6. The third kappa shape index (κ3) is 7.77. The Morgan fingerprint density at radius 1 is 1.20 bits per heavy atom. The number of rotatable bonds is 6. The van der Waals surface area contributed by atoms with Crippen molar-refractivity contribution in [1.82, 2.24) is 16.0 Å². The van der Waals surface area contributed by atoms with E-state index in [0.29, 0.717) is 42.9 Å². The molecule has 0 spiro atoms. The zero-order valence-corrected chi connectivity index (χ0v) is 22.4. The number of amides is 2. The zero-order valence-electron chi connectivity index (χ0n) is 22.4. The van der Waals surface area contributed by atoms with Gasteiger partial charge in [0.2, 0.25) is 11.8 Å². The van der Waals surface area contributed by atoms with Crippen LogP contribution >= 0.6 is 0 Å². The predicted octanol–water partition coefficient (Wildman–Crippen LogP) is 3.34. The highest BCUT2D eigenvalue weighted by Gasteiger charge is 2.63.